The van der Waals surface area contributed by atoms with Crippen LogP contribution in [0.2, 0.25) is 5.02 Å². The highest BCUT2D eigenvalue weighted by Crippen LogP contribution is 2.46. The molecule has 1 N–H and O–H groups in total. The molecule has 0 radical (unpaired) electrons. The molecule has 6 rings (SSSR count). The number of nitrogens with one attached hydrogen (secondary N) is 1. The Kier molecular flexibility index (Phi) is 5.19. The second-order valence-electron chi connectivity index (χ2n) is 11.2. The third-order valence-corrected chi connectivity index (χ3v) is 7.53. The first-order valence-electron chi connectivity index (χ1n) is 12.5. The number of aryl methyl sites for hydroxylation is 2. The van der Waals surface area contributed by atoms with Gasteiger partial charge >= 0.3 is 6.09 Å². The topological polar surface area (TPSA) is 54.6 Å². The molecular weight excluding hydrogens is 460 g/mol. The van der Waals surface area contributed by atoms with Gasteiger partial charge in [0.05, 0.1) is 6.04 Å². The van der Waals surface area contributed by atoms with Gasteiger partial charge in [-0.1, -0.05) is 24.6 Å². The van der Waals surface area contributed by atoms with Gasteiger partial charge in [0.1, 0.15) is 18.0 Å². The number of carbonyl (C=O) groups excluding carboxylic acids is 1. The standard InChI is InChI=1S/C29H31ClN2O3/c1-16-9-25(32(14-16)28(33)35-29(2,3)4)24-12-18-6-5-17-11-23-21-8-7-20(30)10-19(21)15-34-26(23)13-22(17)27(18)31-24/h7-8,10-13,16,25,31H,5-6,9,14-15H2,1-4H3/t16-,25-/m0/s1. The van der Waals surface area contributed by atoms with E-state index in [1.54, 1.807) is 0 Å². The predicted octanol–water partition coefficient (Wildman–Crippen LogP) is 7.31. The number of aromatic amines is 1. The molecule has 1 aromatic heterocycles. The minimum atomic E-state index is -0.510. The number of hydrogen-bond donors (Lipinski definition) is 1. The van der Waals surface area contributed by atoms with Gasteiger partial charge in [-0.2, -0.15) is 0 Å². The number of H-pyrrole nitrogens is 1. The number of rotatable bonds is 1. The van der Waals surface area contributed by atoms with Crippen LogP contribution in [0.1, 0.15) is 62.5 Å². The van der Waals surface area contributed by atoms with E-state index in [1.165, 1.54) is 22.3 Å². The van der Waals surface area contributed by atoms with Gasteiger partial charge in [-0.25, -0.2) is 4.79 Å². The molecule has 0 unspecified atom stereocenters. The minimum absolute atomic E-state index is 0.000553. The van der Waals surface area contributed by atoms with Gasteiger partial charge in [0.25, 0.3) is 0 Å². The SMILES string of the molecule is C[C@H]1C[C@@H](c2cc3c([nH]2)-c2cc4c(cc2CC3)-c2ccc(Cl)cc2CO4)N(C(=O)OC(C)(C)C)C1. The van der Waals surface area contributed by atoms with Crippen molar-refractivity contribution in [3.05, 3.63) is 63.8 Å². The number of nitrogens with zero attached hydrogens (tertiary/aromatic N) is 1. The lowest BCUT2D eigenvalue weighted by Gasteiger charge is -2.28. The highest BCUT2D eigenvalue weighted by Gasteiger charge is 2.38. The maximum absolute atomic E-state index is 13.0. The third kappa shape index (κ3) is 4.00. The van der Waals surface area contributed by atoms with E-state index in [1.807, 2.05) is 37.8 Å². The fourth-order valence-electron chi connectivity index (χ4n) is 5.76. The Labute approximate surface area is 211 Å². The fourth-order valence-corrected chi connectivity index (χ4v) is 5.96. The van der Waals surface area contributed by atoms with Gasteiger partial charge in [0.15, 0.2) is 0 Å². The van der Waals surface area contributed by atoms with Gasteiger partial charge < -0.3 is 14.5 Å². The average molecular weight is 491 g/mol. The Bertz CT molecular complexity index is 1340. The molecule has 35 heavy (non-hydrogen) atoms. The van der Waals surface area contributed by atoms with Crippen molar-refractivity contribution >= 4 is 17.7 Å². The first kappa shape index (κ1) is 22.5. The number of likely N-dealkylation sites (tertiary alicyclic amines) is 1. The van der Waals surface area contributed by atoms with Crippen molar-refractivity contribution in [3.8, 4) is 28.1 Å². The zero-order valence-corrected chi connectivity index (χ0v) is 21.5. The van der Waals surface area contributed by atoms with Gasteiger partial charge in [-0.3, -0.25) is 4.90 Å². The zero-order chi connectivity index (χ0) is 24.5. The molecule has 182 valence electrons. The molecule has 2 aliphatic heterocycles. The number of ether oxygens (including phenoxy) is 2. The summed E-state index contributed by atoms with van der Waals surface area (Å²) in [6.07, 6.45) is 2.65. The molecule has 2 aromatic carbocycles. The summed E-state index contributed by atoms with van der Waals surface area (Å²) in [4.78, 5) is 18.6. The van der Waals surface area contributed by atoms with Gasteiger partial charge in [0, 0.05) is 34.1 Å². The van der Waals surface area contributed by atoms with Gasteiger partial charge in [-0.05, 0) is 98.5 Å². The van der Waals surface area contributed by atoms with Crippen molar-refractivity contribution in [1.82, 2.24) is 9.88 Å². The minimum Gasteiger partial charge on any atom is -0.488 e. The number of amides is 1. The maximum Gasteiger partial charge on any atom is 0.410 e. The second-order valence-corrected chi connectivity index (χ2v) is 11.6. The molecule has 0 saturated carbocycles. The molecule has 1 amide bonds. The number of carbonyl (C=O) groups is 1. The van der Waals surface area contributed by atoms with Crippen LogP contribution in [0.25, 0.3) is 22.4 Å². The molecule has 5 nitrogen and oxygen atoms in total. The van der Waals surface area contributed by atoms with Crippen molar-refractivity contribution in [3.63, 3.8) is 0 Å². The Hall–Kier alpha value is -2.92. The van der Waals surface area contributed by atoms with Crippen LogP contribution in [0.3, 0.4) is 0 Å². The van der Waals surface area contributed by atoms with Gasteiger partial charge in [-0.15, -0.1) is 0 Å². The fraction of sp³-hybridized carbons (Fsp3) is 0.414. The van der Waals surface area contributed by atoms with Crippen molar-refractivity contribution in [2.75, 3.05) is 6.54 Å². The van der Waals surface area contributed by atoms with E-state index in [0.29, 0.717) is 19.1 Å². The van der Waals surface area contributed by atoms with E-state index < -0.39 is 5.60 Å². The Morgan fingerprint density at radius 2 is 1.86 bits per heavy atom. The molecule has 0 bridgehead atoms. The van der Waals surface area contributed by atoms with Crippen molar-refractivity contribution in [2.24, 2.45) is 5.92 Å². The summed E-state index contributed by atoms with van der Waals surface area (Å²) in [5, 5.41) is 0.735. The van der Waals surface area contributed by atoms with Crippen LogP contribution >= 0.6 is 11.6 Å². The van der Waals surface area contributed by atoms with Crippen LogP contribution < -0.4 is 4.74 Å². The quantitative estimate of drug-likeness (QED) is 0.389. The molecule has 3 heterocycles. The number of hydrogen-bond acceptors (Lipinski definition) is 3. The summed E-state index contributed by atoms with van der Waals surface area (Å²) in [6.45, 7) is 9.18. The highest BCUT2D eigenvalue weighted by molar-refractivity contribution is 6.30. The monoisotopic (exact) mass is 490 g/mol. The molecule has 3 aromatic rings. The van der Waals surface area contributed by atoms with E-state index in [4.69, 9.17) is 21.1 Å². The van der Waals surface area contributed by atoms with E-state index in [-0.39, 0.29) is 12.1 Å². The third-order valence-electron chi connectivity index (χ3n) is 7.30. The Morgan fingerprint density at radius 3 is 2.66 bits per heavy atom. The van der Waals surface area contributed by atoms with E-state index in [0.717, 1.165) is 52.5 Å². The molecule has 2 atom stereocenters. The number of fused-ring (bicyclic) bond motifs is 6. The van der Waals surface area contributed by atoms with Crippen molar-refractivity contribution in [2.45, 2.75) is 65.2 Å². The summed E-state index contributed by atoms with van der Waals surface area (Å²) in [5.41, 5.74) is 9.02. The number of benzene rings is 2. The smallest absolute Gasteiger partial charge is 0.410 e. The largest absolute Gasteiger partial charge is 0.488 e. The Balaban J connectivity index is 1.36. The van der Waals surface area contributed by atoms with Crippen molar-refractivity contribution < 1.29 is 14.3 Å². The molecule has 6 heteroatoms. The molecular formula is C29H31ClN2O3. The van der Waals surface area contributed by atoms with Crippen LogP contribution in [0.4, 0.5) is 4.79 Å². The lowest BCUT2D eigenvalue weighted by molar-refractivity contribution is 0.0217. The van der Waals surface area contributed by atoms with Crippen LogP contribution in [0.15, 0.2) is 36.4 Å². The Morgan fingerprint density at radius 1 is 1.06 bits per heavy atom. The normalized spacial score (nSPS) is 20.4. The summed E-state index contributed by atoms with van der Waals surface area (Å²) >= 11 is 6.21. The zero-order valence-electron chi connectivity index (χ0n) is 20.7. The predicted molar refractivity (Wildman–Crippen MR) is 138 cm³/mol. The van der Waals surface area contributed by atoms with Crippen LogP contribution in [-0.2, 0) is 24.2 Å². The van der Waals surface area contributed by atoms with E-state index in [9.17, 15) is 4.79 Å². The second kappa shape index (κ2) is 8.06. The van der Waals surface area contributed by atoms with Crippen LogP contribution in [-0.4, -0.2) is 28.1 Å². The maximum atomic E-state index is 13.0. The first-order valence-corrected chi connectivity index (χ1v) is 12.8. The van der Waals surface area contributed by atoms with Gasteiger partial charge in [0.2, 0.25) is 0 Å². The summed E-state index contributed by atoms with van der Waals surface area (Å²) in [7, 11) is 0. The van der Waals surface area contributed by atoms with Crippen LogP contribution in [0, 0.1) is 5.92 Å². The molecule has 1 saturated heterocycles. The van der Waals surface area contributed by atoms with E-state index in [2.05, 4.69) is 36.2 Å². The molecule has 1 fully saturated rings. The average Bonchev–Trinajstić information content (AvgIpc) is 3.40. The lowest BCUT2D eigenvalue weighted by Crippen LogP contribution is -2.36. The lowest BCUT2D eigenvalue weighted by atomic mass is 9.86. The molecule has 1 aliphatic carbocycles. The van der Waals surface area contributed by atoms with E-state index >= 15 is 0 Å². The summed E-state index contributed by atoms with van der Waals surface area (Å²) < 4.78 is 11.9. The van der Waals surface area contributed by atoms with Crippen LogP contribution in [0.5, 0.6) is 5.75 Å². The number of aromatic nitrogens is 1. The highest BCUT2D eigenvalue weighted by atomic mass is 35.5. The molecule has 0 spiro atoms. The number of halogens is 1. The summed E-state index contributed by atoms with van der Waals surface area (Å²) in [5.74, 6) is 1.33. The summed E-state index contributed by atoms with van der Waals surface area (Å²) in [6, 6.07) is 12.8. The first-order chi connectivity index (χ1) is 16.7. The molecule has 3 aliphatic rings. The van der Waals surface area contributed by atoms with Crippen molar-refractivity contribution in [1.29, 1.82) is 0 Å².